The fourth-order valence-corrected chi connectivity index (χ4v) is 5.16. The lowest BCUT2D eigenvalue weighted by atomic mass is 9.84. The van der Waals surface area contributed by atoms with Crippen molar-refractivity contribution in [2.45, 2.75) is 26.3 Å². The van der Waals surface area contributed by atoms with Gasteiger partial charge in [-0.25, -0.2) is 4.99 Å². The van der Waals surface area contributed by atoms with Crippen molar-refractivity contribution in [3.63, 3.8) is 0 Å². The summed E-state index contributed by atoms with van der Waals surface area (Å²) in [5.74, 6) is 0.248. The number of nitrogens with zero attached hydrogens (tertiary/aromatic N) is 6. The Morgan fingerprint density at radius 1 is 0.973 bits per heavy atom. The van der Waals surface area contributed by atoms with Crippen molar-refractivity contribution in [2.75, 3.05) is 14.1 Å². The van der Waals surface area contributed by atoms with Crippen molar-refractivity contribution in [3.8, 4) is 22.4 Å². The second-order valence-corrected chi connectivity index (χ2v) is 9.86. The van der Waals surface area contributed by atoms with Gasteiger partial charge in [0.2, 0.25) is 0 Å². The van der Waals surface area contributed by atoms with Gasteiger partial charge in [-0.3, -0.25) is 20.1 Å². The first-order chi connectivity index (χ1) is 18.1. The highest BCUT2D eigenvalue weighted by atomic mass is 15.1. The highest BCUT2D eigenvalue weighted by Crippen LogP contribution is 2.38. The lowest BCUT2D eigenvalue weighted by Crippen LogP contribution is -2.22. The molecule has 0 saturated heterocycles. The average Bonchev–Trinajstić information content (AvgIpc) is 3.35. The number of fused-ring (bicyclic) bond motifs is 2. The molecule has 0 fully saturated rings. The summed E-state index contributed by atoms with van der Waals surface area (Å²) in [6.07, 6.45) is 11.3. The third-order valence-electron chi connectivity index (χ3n) is 6.98. The first-order valence-electron chi connectivity index (χ1n) is 12.6. The summed E-state index contributed by atoms with van der Waals surface area (Å²) in [6.45, 7) is 3.07. The van der Waals surface area contributed by atoms with E-state index in [9.17, 15) is 0 Å². The fraction of sp³-hybridized carbons (Fsp3) is 0.233. The van der Waals surface area contributed by atoms with Gasteiger partial charge < -0.3 is 4.90 Å². The van der Waals surface area contributed by atoms with Gasteiger partial charge in [0.05, 0.1) is 28.8 Å². The molecular weight excluding hydrogens is 458 g/mol. The molecule has 37 heavy (non-hydrogen) atoms. The summed E-state index contributed by atoms with van der Waals surface area (Å²) < 4.78 is 0. The van der Waals surface area contributed by atoms with Crippen LogP contribution in [0.3, 0.4) is 0 Å². The standard InChI is InChI=1S/C30H29N7/c1-4-20-12-23-25(26-7-5-6-10-33-26)16-32-17-28(23)34-29(20)30-24-13-21(8-9-27(24)35-36-30)22-11-19(14-31-15-22)18-37(2)3/h5-11,13-17,20H,4,12,18H2,1-3H3,(H,35,36). The Kier molecular flexibility index (Phi) is 6.06. The molecule has 7 heteroatoms. The minimum Gasteiger partial charge on any atom is -0.305 e. The fourth-order valence-electron chi connectivity index (χ4n) is 5.16. The minimum absolute atomic E-state index is 0.248. The highest BCUT2D eigenvalue weighted by molar-refractivity contribution is 6.12. The maximum atomic E-state index is 5.15. The number of aliphatic imine (C=N–C) groups is 1. The molecule has 1 aromatic carbocycles. The number of rotatable bonds is 6. The first-order valence-corrected chi connectivity index (χ1v) is 12.6. The number of benzene rings is 1. The molecule has 1 N–H and O–H groups in total. The molecule has 0 bridgehead atoms. The van der Waals surface area contributed by atoms with E-state index in [0.717, 1.165) is 69.8 Å². The number of aromatic amines is 1. The summed E-state index contributed by atoms with van der Waals surface area (Å²) in [7, 11) is 4.14. The van der Waals surface area contributed by atoms with Crippen LogP contribution >= 0.6 is 0 Å². The molecule has 5 heterocycles. The maximum Gasteiger partial charge on any atom is 0.114 e. The van der Waals surface area contributed by atoms with Gasteiger partial charge in [0, 0.05) is 53.8 Å². The van der Waals surface area contributed by atoms with Crippen molar-refractivity contribution in [2.24, 2.45) is 10.9 Å². The van der Waals surface area contributed by atoms with Crippen LogP contribution < -0.4 is 0 Å². The van der Waals surface area contributed by atoms with Crippen LogP contribution in [0.25, 0.3) is 33.3 Å². The first kappa shape index (κ1) is 23.2. The molecule has 6 rings (SSSR count). The molecule has 0 amide bonds. The van der Waals surface area contributed by atoms with E-state index in [0.29, 0.717) is 0 Å². The zero-order valence-corrected chi connectivity index (χ0v) is 21.3. The average molecular weight is 488 g/mol. The van der Waals surface area contributed by atoms with Crippen molar-refractivity contribution >= 4 is 22.3 Å². The SMILES string of the molecule is CCC1Cc2c(cncc2-c2ccccn2)N=C1c1n[nH]c2ccc(-c3cncc(CN(C)C)c3)cc12. The van der Waals surface area contributed by atoms with E-state index < -0.39 is 0 Å². The lowest BCUT2D eigenvalue weighted by Gasteiger charge is -2.24. The number of H-pyrrole nitrogens is 1. The Morgan fingerprint density at radius 2 is 1.86 bits per heavy atom. The van der Waals surface area contributed by atoms with Gasteiger partial charge in [0.15, 0.2) is 0 Å². The molecule has 0 spiro atoms. The number of aromatic nitrogens is 5. The molecule has 184 valence electrons. The Morgan fingerprint density at radius 3 is 2.68 bits per heavy atom. The molecule has 1 unspecified atom stereocenters. The Balaban J connectivity index is 1.44. The van der Waals surface area contributed by atoms with Gasteiger partial charge in [-0.2, -0.15) is 5.10 Å². The predicted octanol–water partition coefficient (Wildman–Crippen LogP) is 5.85. The number of hydrogen-bond acceptors (Lipinski definition) is 6. The summed E-state index contributed by atoms with van der Waals surface area (Å²) >= 11 is 0. The number of nitrogens with one attached hydrogen (secondary N) is 1. The molecule has 0 saturated carbocycles. The monoisotopic (exact) mass is 487 g/mol. The number of hydrogen-bond donors (Lipinski definition) is 1. The van der Waals surface area contributed by atoms with Crippen molar-refractivity contribution in [3.05, 3.63) is 90.3 Å². The van der Waals surface area contributed by atoms with Crippen LogP contribution in [-0.4, -0.2) is 49.9 Å². The number of pyridine rings is 3. The van der Waals surface area contributed by atoms with E-state index in [1.165, 1.54) is 11.1 Å². The molecule has 7 nitrogen and oxygen atoms in total. The van der Waals surface area contributed by atoms with Crippen molar-refractivity contribution in [1.82, 2.24) is 30.0 Å². The maximum absolute atomic E-state index is 5.15. The summed E-state index contributed by atoms with van der Waals surface area (Å²) in [5.41, 5.74) is 10.4. The van der Waals surface area contributed by atoms with E-state index in [4.69, 9.17) is 10.1 Å². The normalized spacial score (nSPS) is 15.1. The lowest BCUT2D eigenvalue weighted by molar-refractivity contribution is 0.402. The quantitative estimate of drug-likeness (QED) is 0.325. The van der Waals surface area contributed by atoms with Gasteiger partial charge in [0.1, 0.15) is 5.69 Å². The third kappa shape index (κ3) is 4.42. The van der Waals surface area contributed by atoms with E-state index in [-0.39, 0.29) is 5.92 Å². The van der Waals surface area contributed by atoms with E-state index in [1.807, 2.05) is 49.2 Å². The highest BCUT2D eigenvalue weighted by Gasteiger charge is 2.28. The minimum atomic E-state index is 0.248. The second kappa shape index (κ2) is 9.67. The zero-order chi connectivity index (χ0) is 25.4. The van der Waals surface area contributed by atoms with E-state index in [2.05, 4.69) is 70.2 Å². The summed E-state index contributed by atoms with van der Waals surface area (Å²) in [4.78, 5) is 20.9. The molecule has 0 radical (unpaired) electrons. The smallest absolute Gasteiger partial charge is 0.114 e. The predicted molar refractivity (Wildman–Crippen MR) is 148 cm³/mol. The van der Waals surface area contributed by atoms with Crippen LogP contribution in [0, 0.1) is 5.92 Å². The molecule has 5 aromatic rings. The molecular formula is C30H29N7. The van der Waals surface area contributed by atoms with Gasteiger partial charge in [-0.05, 0) is 74.0 Å². The van der Waals surface area contributed by atoms with E-state index >= 15 is 0 Å². The van der Waals surface area contributed by atoms with Crippen LogP contribution in [0.5, 0.6) is 0 Å². The molecule has 1 atom stereocenters. The van der Waals surface area contributed by atoms with Crippen molar-refractivity contribution in [1.29, 1.82) is 0 Å². The van der Waals surface area contributed by atoms with E-state index in [1.54, 1.807) is 0 Å². The molecule has 1 aliphatic heterocycles. The molecule has 4 aromatic heterocycles. The largest absolute Gasteiger partial charge is 0.305 e. The van der Waals surface area contributed by atoms with Crippen LogP contribution in [0.1, 0.15) is 30.2 Å². The third-order valence-corrected chi connectivity index (χ3v) is 6.98. The Labute approximate surface area is 216 Å². The Bertz CT molecular complexity index is 1600. The van der Waals surface area contributed by atoms with Gasteiger partial charge >= 0.3 is 0 Å². The van der Waals surface area contributed by atoms with Crippen LogP contribution in [0.2, 0.25) is 0 Å². The summed E-state index contributed by atoms with van der Waals surface area (Å²) in [6, 6.07) is 14.6. The topological polar surface area (TPSA) is 82.9 Å². The van der Waals surface area contributed by atoms with Gasteiger partial charge in [-0.1, -0.05) is 19.1 Å². The molecule has 0 aliphatic carbocycles. The van der Waals surface area contributed by atoms with Crippen LogP contribution in [0.15, 0.2) is 78.4 Å². The van der Waals surface area contributed by atoms with Crippen LogP contribution in [-0.2, 0) is 13.0 Å². The second-order valence-electron chi connectivity index (χ2n) is 9.86. The zero-order valence-electron chi connectivity index (χ0n) is 21.3. The van der Waals surface area contributed by atoms with Gasteiger partial charge in [0.25, 0.3) is 0 Å². The van der Waals surface area contributed by atoms with Crippen LogP contribution in [0.4, 0.5) is 5.69 Å². The molecule has 1 aliphatic rings. The summed E-state index contributed by atoms with van der Waals surface area (Å²) in [5, 5.41) is 9.05. The van der Waals surface area contributed by atoms with Crippen molar-refractivity contribution < 1.29 is 0 Å². The van der Waals surface area contributed by atoms with Gasteiger partial charge in [-0.15, -0.1) is 0 Å². The Hall–Kier alpha value is -4.23.